The summed E-state index contributed by atoms with van der Waals surface area (Å²) in [5, 5.41) is 1.26. The first kappa shape index (κ1) is 17.1. The molecule has 136 valence electrons. The minimum atomic E-state index is 0.453. The summed E-state index contributed by atoms with van der Waals surface area (Å²) in [5.41, 5.74) is 7.61. The Morgan fingerprint density at radius 3 is 2.65 bits per heavy atom. The van der Waals surface area contributed by atoms with Crippen molar-refractivity contribution in [3.63, 3.8) is 0 Å². The summed E-state index contributed by atoms with van der Waals surface area (Å²) in [4.78, 5) is 12.4. The third kappa shape index (κ3) is 2.59. The number of pyridine rings is 1. The summed E-state index contributed by atoms with van der Waals surface area (Å²) in [5.74, 6) is 1.65. The molecule has 0 unspecified atom stereocenters. The van der Waals surface area contributed by atoms with Crippen LogP contribution in [0.3, 0.4) is 0 Å². The number of anilines is 1. The lowest BCUT2D eigenvalue weighted by atomic mass is 10.0. The van der Waals surface area contributed by atoms with Gasteiger partial charge in [-0.3, -0.25) is 4.98 Å². The molecule has 0 N–H and O–H groups in total. The van der Waals surface area contributed by atoms with Crippen LogP contribution >= 0.6 is 0 Å². The number of hydrogen-bond donors (Lipinski definition) is 0. The number of fused-ring (bicyclic) bond motifs is 2. The van der Waals surface area contributed by atoms with Gasteiger partial charge in [0.05, 0.1) is 23.4 Å². The first-order valence-electron chi connectivity index (χ1n) is 9.68. The Bertz CT molecular complexity index is 968. The van der Waals surface area contributed by atoms with Gasteiger partial charge in [-0.25, -0.2) is 4.98 Å². The number of para-hydroxylation sites is 1. The number of aromatic nitrogens is 3. The fourth-order valence-electron chi connectivity index (χ4n) is 4.39. The highest BCUT2D eigenvalue weighted by atomic mass is 15.2. The normalized spacial score (nSPS) is 14.3. The molecule has 0 fully saturated rings. The number of aryl methyl sites for hydroxylation is 1. The van der Waals surface area contributed by atoms with E-state index in [-0.39, 0.29) is 0 Å². The summed E-state index contributed by atoms with van der Waals surface area (Å²) < 4.78 is 2.31. The van der Waals surface area contributed by atoms with Crippen molar-refractivity contribution >= 4 is 16.6 Å². The lowest BCUT2D eigenvalue weighted by molar-refractivity contribution is 0.662. The van der Waals surface area contributed by atoms with E-state index in [9.17, 15) is 0 Å². The van der Waals surface area contributed by atoms with E-state index in [4.69, 9.17) is 9.97 Å². The second-order valence-corrected chi connectivity index (χ2v) is 7.64. The summed E-state index contributed by atoms with van der Waals surface area (Å²) in [7, 11) is 2.17. The van der Waals surface area contributed by atoms with Gasteiger partial charge >= 0.3 is 0 Å². The van der Waals surface area contributed by atoms with Crippen LogP contribution in [0.5, 0.6) is 0 Å². The van der Waals surface area contributed by atoms with Crippen molar-refractivity contribution in [2.75, 3.05) is 11.4 Å². The van der Waals surface area contributed by atoms with Crippen LogP contribution < -0.4 is 4.90 Å². The van der Waals surface area contributed by atoms with E-state index in [2.05, 4.69) is 68.5 Å². The van der Waals surface area contributed by atoms with E-state index >= 15 is 0 Å². The molecule has 3 heterocycles. The highest BCUT2D eigenvalue weighted by molar-refractivity contribution is 5.94. The second kappa shape index (κ2) is 6.42. The van der Waals surface area contributed by atoms with Gasteiger partial charge in [0.2, 0.25) is 0 Å². The molecule has 0 radical (unpaired) electrons. The molecule has 1 aromatic carbocycles. The monoisotopic (exact) mass is 348 g/mol. The Hall–Kier alpha value is -2.36. The van der Waals surface area contributed by atoms with Crippen molar-refractivity contribution in [2.45, 2.75) is 53.0 Å². The SMILES string of the molecule is CCc1c(C)nc2ccccc2c1N1CCc2c(nc(C(C)C)n2C)C1. The van der Waals surface area contributed by atoms with Gasteiger partial charge in [0, 0.05) is 42.7 Å². The van der Waals surface area contributed by atoms with Crippen molar-refractivity contribution in [1.82, 2.24) is 14.5 Å². The molecule has 1 aliphatic heterocycles. The number of imidazole rings is 1. The lowest BCUT2D eigenvalue weighted by Crippen LogP contribution is -2.32. The van der Waals surface area contributed by atoms with Gasteiger partial charge in [0.25, 0.3) is 0 Å². The van der Waals surface area contributed by atoms with Crippen LogP contribution in [-0.2, 0) is 26.4 Å². The molecule has 3 aromatic rings. The standard InChI is InChI=1S/C22H28N4/c1-6-16-15(4)23-18-10-8-7-9-17(18)21(16)26-12-11-20-19(13-26)24-22(14(2)3)25(20)5/h7-10,14H,6,11-13H2,1-5H3. The predicted molar refractivity (Wildman–Crippen MR) is 108 cm³/mol. The van der Waals surface area contributed by atoms with Gasteiger partial charge in [-0.05, 0) is 25.0 Å². The van der Waals surface area contributed by atoms with Crippen LogP contribution in [-0.4, -0.2) is 21.1 Å². The second-order valence-electron chi connectivity index (χ2n) is 7.64. The molecule has 4 rings (SSSR count). The molecule has 4 nitrogen and oxygen atoms in total. The molecule has 0 bridgehead atoms. The van der Waals surface area contributed by atoms with Gasteiger partial charge in [-0.2, -0.15) is 0 Å². The maximum atomic E-state index is 4.99. The summed E-state index contributed by atoms with van der Waals surface area (Å²) >= 11 is 0. The Morgan fingerprint density at radius 1 is 1.15 bits per heavy atom. The fraction of sp³-hybridized carbons (Fsp3) is 0.455. The van der Waals surface area contributed by atoms with Crippen molar-refractivity contribution in [3.05, 3.63) is 52.7 Å². The molecule has 0 saturated heterocycles. The van der Waals surface area contributed by atoms with E-state index in [1.165, 1.54) is 33.8 Å². The Morgan fingerprint density at radius 2 is 1.92 bits per heavy atom. The number of hydrogen-bond acceptors (Lipinski definition) is 3. The first-order valence-corrected chi connectivity index (χ1v) is 9.68. The highest BCUT2D eigenvalue weighted by Crippen LogP contribution is 2.35. The lowest BCUT2D eigenvalue weighted by Gasteiger charge is -2.32. The number of nitrogens with zero attached hydrogens (tertiary/aromatic N) is 4. The zero-order chi connectivity index (χ0) is 18.4. The van der Waals surface area contributed by atoms with Crippen LogP contribution in [0.1, 0.15) is 55.2 Å². The molecule has 0 spiro atoms. The van der Waals surface area contributed by atoms with Crippen LogP contribution in [0.4, 0.5) is 5.69 Å². The third-order valence-corrected chi connectivity index (χ3v) is 5.65. The fourth-order valence-corrected chi connectivity index (χ4v) is 4.39. The molecule has 0 amide bonds. The summed E-state index contributed by atoms with van der Waals surface area (Å²) in [6, 6.07) is 8.53. The van der Waals surface area contributed by atoms with Crippen LogP contribution in [0.2, 0.25) is 0 Å². The molecule has 0 saturated carbocycles. The topological polar surface area (TPSA) is 34.0 Å². The average Bonchev–Trinajstić information content (AvgIpc) is 2.97. The molecular formula is C22H28N4. The smallest absolute Gasteiger partial charge is 0.111 e. The average molecular weight is 348 g/mol. The first-order chi connectivity index (χ1) is 12.5. The summed E-state index contributed by atoms with van der Waals surface area (Å²) in [6.07, 6.45) is 2.05. The molecule has 4 heteroatoms. The molecular weight excluding hydrogens is 320 g/mol. The van der Waals surface area contributed by atoms with Gasteiger partial charge in [-0.1, -0.05) is 39.0 Å². The Balaban J connectivity index is 1.83. The Labute approximate surface area is 155 Å². The van der Waals surface area contributed by atoms with Crippen LogP contribution in [0.15, 0.2) is 24.3 Å². The van der Waals surface area contributed by atoms with E-state index in [1.54, 1.807) is 0 Å². The van der Waals surface area contributed by atoms with Crippen LogP contribution in [0.25, 0.3) is 10.9 Å². The molecule has 26 heavy (non-hydrogen) atoms. The zero-order valence-electron chi connectivity index (χ0n) is 16.5. The zero-order valence-corrected chi connectivity index (χ0v) is 16.5. The van der Waals surface area contributed by atoms with Crippen molar-refractivity contribution in [1.29, 1.82) is 0 Å². The van der Waals surface area contributed by atoms with Crippen molar-refractivity contribution in [3.8, 4) is 0 Å². The quantitative estimate of drug-likeness (QED) is 0.697. The van der Waals surface area contributed by atoms with Gasteiger partial charge in [-0.15, -0.1) is 0 Å². The largest absolute Gasteiger partial charge is 0.364 e. The predicted octanol–water partition coefficient (Wildman–Crippen LogP) is 4.53. The molecule has 1 aliphatic rings. The van der Waals surface area contributed by atoms with E-state index in [1.807, 2.05) is 0 Å². The number of rotatable bonds is 3. The van der Waals surface area contributed by atoms with E-state index < -0.39 is 0 Å². The van der Waals surface area contributed by atoms with E-state index in [0.717, 1.165) is 37.1 Å². The maximum absolute atomic E-state index is 4.99. The van der Waals surface area contributed by atoms with Gasteiger partial charge in [0.15, 0.2) is 0 Å². The van der Waals surface area contributed by atoms with Gasteiger partial charge in [0.1, 0.15) is 5.82 Å². The molecule has 2 aromatic heterocycles. The molecule has 0 atom stereocenters. The third-order valence-electron chi connectivity index (χ3n) is 5.65. The summed E-state index contributed by atoms with van der Waals surface area (Å²) in [6.45, 7) is 10.7. The van der Waals surface area contributed by atoms with Crippen molar-refractivity contribution < 1.29 is 0 Å². The highest BCUT2D eigenvalue weighted by Gasteiger charge is 2.26. The minimum absolute atomic E-state index is 0.453. The minimum Gasteiger partial charge on any atom is -0.364 e. The van der Waals surface area contributed by atoms with Crippen LogP contribution in [0, 0.1) is 6.92 Å². The van der Waals surface area contributed by atoms with Crippen molar-refractivity contribution in [2.24, 2.45) is 7.05 Å². The maximum Gasteiger partial charge on any atom is 0.111 e. The molecule has 0 aliphatic carbocycles. The Kier molecular flexibility index (Phi) is 4.22. The number of benzene rings is 1. The van der Waals surface area contributed by atoms with Gasteiger partial charge < -0.3 is 9.47 Å². The van der Waals surface area contributed by atoms with E-state index in [0.29, 0.717) is 5.92 Å².